The van der Waals surface area contributed by atoms with Crippen molar-refractivity contribution in [1.29, 1.82) is 0 Å². The molecule has 0 saturated heterocycles. The van der Waals surface area contributed by atoms with E-state index in [0.29, 0.717) is 0 Å². The summed E-state index contributed by atoms with van der Waals surface area (Å²) in [7, 11) is -4.06. The molecule has 1 amide bonds. The summed E-state index contributed by atoms with van der Waals surface area (Å²) < 4.78 is 40.1. The van der Waals surface area contributed by atoms with Gasteiger partial charge in [-0.1, -0.05) is 0 Å². The molecule has 0 aliphatic rings. The number of sulfonamides is 1. The van der Waals surface area contributed by atoms with E-state index in [0.717, 1.165) is 12.1 Å². The van der Waals surface area contributed by atoms with Crippen LogP contribution in [0.25, 0.3) is 0 Å². The Bertz CT molecular complexity index is 635. The summed E-state index contributed by atoms with van der Waals surface area (Å²) in [5.41, 5.74) is 5.65. The van der Waals surface area contributed by atoms with Crippen LogP contribution in [0.5, 0.6) is 0 Å². The molecule has 6 nitrogen and oxygen atoms in total. The molecular weight excluding hydrogens is 365 g/mol. The molecule has 0 saturated carbocycles. The first-order valence-electron chi connectivity index (χ1n) is 6.17. The third kappa shape index (κ3) is 5.25. The zero-order valence-corrected chi connectivity index (χ0v) is 14.0. The Balaban J connectivity index is 2.75. The van der Waals surface area contributed by atoms with Crippen molar-refractivity contribution < 1.29 is 17.6 Å². The summed E-state index contributed by atoms with van der Waals surface area (Å²) >= 11 is 3.01. The number of carbonyl (C=O) groups is 1. The Labute approximate surface area is 131 Å². The van der Waals surface area contributed by atoms with Gasteiger partial charge >= 0.3 is 0 Å². The van der Waals surface area contributed by atoms with E-state index in [4.69, 9.17) is 5.73 Å². The number of nitrogens with one attached hydrogen (secondary N) is 2. The average molecular weight is 382 g/mol. The molecule has 21 heavy (non-hydrogen) atoms. The lowest BCUT2D eigenvalue weighted by Gasteiger charge is -2.10. The number of nitrogens with two attached hydrogens (primary N) is 1. The fraction of sp³-hybridized carbons (Fsp3) is 0.417. The van der Waals surface area contributed by atoms with Crippen LogP contribution in [0.4, 0.5) is 10.1 Å². The molecular formula is C12H17BrFN3O3S. The van der Waals surface area contributed by atoms with Crippen molar-refractivity contribution in [2.75, 3.05) is 12.3 Å². The van der Waals surface area contributed by atoms with Crippen LogP contribution in [-0.4, -0.2) is 26.9 Å². The minimum atomic E-state index is -4.06. The molecule has 4 N–H and O–H groups in total. The van der Waals surface area contributed by atoms with E-state index in [-0.39, 0.29) is 35.1 Å². The maximum atomic E-state index is 13.7. The molecule has 0 atom stereocenters. The van der Waals surface area contributed by atoms with E-state index in [9.17, 15) is 17.6 Å². The maximum Gasteiger partial charge on any atom is 0.243 e. The summed E-state index contributed by atoms with van der Waals surface area (Å²) in [4.78, 5) is 10.8. The van der Waals surface area contributed by atoms with Crippen molar-refractivity contribution in [3.8, 4) is 0 Å². The van der Waals surface area contributed by atoms with Crippen LogP contribution >= 0.6 is 15.9 Å². The minimum absolute atomic E-state index is 0.0298. The number of carbonyl (C=O) groups excluding carboxylic acids is 1. The van der Waals surface area contributed by atoms with Gasteiger partial charge in [-0.3, -0.25) is 4.79 Å². The predicted octanol–water partition coefficient (Wildman–Crippen LogP) is 1.36. The highest BCUT2D eigenvalue weighted by Crippen LogP contribution is 2.25. The second-order valence-corrected chi connectivity index (χ2v) is 7.26. The van der Waals surface area contributed by atoms with Gasteiger partial charge in [-0.15, -0.1) is 0 Å². The Hall–Kier alpha value is -1.19. The largest absolute Gasteiger partial charge is 0.398 e. The second-order valence-electron chi connectivity index (χ2n) is 4.67. The molecule has 1 aromatic rings. The number of amides is 1. The molecule has 0 bridgehead atoms. The summed E-state index contributed by atoms with van der Waals surface area (Å²) in [6.45, 7) is 3.46. The van der Waals surface area contributed by atoms with E-state index >= 15 is 0 Å². The normalized spacial score (nSPS) is 11.7. The van der Waals surface area contributed by atoms with Crippen molar-refractivity contribution >= 4 is 37.5 Å². The zero-order valence-electron chi connectivity index (χ0n) is 11.6. The molecule has 0 aromatic heterocycles. The molecule has 0 fully saturated rings. The lowest BCUT2D eigenvalue weighted by Crippen LogP contribution is -2.34. The fourth-order valence-corrected chi connectivity index (χ4v) is 2.96. The van der Waals surface area contributed by atoms with Crippen LogP contribution in [0.2, 0.25) is 0 Å². The van der Waals surface area contributed by atoms with Gasteiger partial charge in [0.05, 0.1) is 0 Å². The van der Waals surface area contributed by atoms with Crippen molar-refractivity contribution in [2.24, 2.45) is 0 Å². The molecule has 0 spiro atoms. The minimum Gasteiger partial charge on any atom is -0.398 e. The summed E-state index contributed by atoms with van der Waals surface area (Å²) in [6.07, 6.45) is -0.0367. The first-order chi connectivity index (χ1) is 9.63. The number of hydrogen-bond donors (Lipinski definition) is 3. The van der Waals surface area contributed by atoms with Crippen LogP contribution < -0.4 is 15.8 Å². The Morgan fingerprint density at radius 2 is 2.05 bits per heavy atom. The third-order valence-electron chi connectivity index (χ3n) is 2.43. The number of halogens is 2. The van der Waals surface area contributed by atoms with E-state index in [1.54, 1.807) is 13.8 Å². The lowest BCUT2D eigenvalue weighted by molar-refractivity contribution is -0.121. The lowest BCUT2D eigenvalue weighted by atomic mass is 10.3. The monoisotopic (exact) mass is 381 g/mol. The molecule has 0 aliphatic carbocycles. The molecule has 118 valence electrons. The topological polar surface area (TPSA) is 101 Å². The van der Waals surface area contributed by atoms with Crippen LogP contribution in [0, 0.1) is 5.82 Å². The highest BCUT2D eigenvalue weighted by atomic mass is 79.9. The van der Waals surface area contributed by atoms with Gasteiger partial charge in [-0.2, -0.15) is 0 Å². The highest BCUT2D eigenvalue weighted by molar-refractivity contribution is 9.10. The van der Waals surface area contributed by atoms with Gasteiger partial charge in [0.25, 0.3) is 0 Å². The van der Waals surface area contributed by atoms with Gasteiger partial charge in [0.15, 0.2) is 0 Å². The van der Waals surface area contributed by atoms with E-state index in [1.807, 2.05) is 0 Å². The standard InChI is InChI=1S/C12H17BrFN3O3S/c1-7(2)17-12(18)3-4-16-21(19,20)11-6-10(15)8(13)5-9(11)14/h5-7,16H,3-4,15H2,1-2H3,(H,17,18). The van der Waals surface area contributed by atoms with E-state index in [1.165, 1.54) is 0 Å². The van der Waals surface area contributed by atoms with Gasteiger partial charge in [-0.25, -0.2) is 17.5 Å². The zero-order chi connectivity index (χ0) is 16.2. The Morgan fingerprint density at radius 1 is 1.43 bits per heavy atom. The predicted molar refractivity (Wildman–Crippen MR) is 81.6 cm³/mol. The second kappa shape index (κ2) is 7.19. The molecule has 1 aromatic carbocycles. The highest BCUT2D eigenvalue weighted by Gasteiger charge is 2.20. The quantitative estimate of drug-likeness (QED) is 0.647. The Morgan fingerprint density at radius 3 is 2.62 bits per heavy atom. The smallest absolute Gasteiger partial charge is 0.243 e. The number of rotatable bonds is 6. The average Bonchev–Trinajstić information content (AvgIpc) is 2.32. The number of nitrogen functional groups attached to an aromatic ring is 1. The molecule has 9 heteroatoms. The van der Waals surface area contributed by atoms with Crippen molar-refractivity contribution in [3.05, 3.63) is 22.4 Å². The van der Waals surface area contributed by atoms with E-state index < -0.39 is 20.7 Å². The van der Waals surface area contributed by atoms with Crippen LogP contribution in [0.3, 0.4) is 0 Å². The van der Waals surface area contributed by atoms with Crippen LogP contribution in [0.1, 0.15) is 20.3 Å². The number of anilines is 1. The van der Waals surface area contributed by atoms with Gasteiger partial charge in [0.2, 0.25) is 15.9 Å². The van der Waals surface area contributed by atoms with Gasteiger partial charge in [0.1, 0.15) is 10.7 Å². The van der Waals surface area contributed by atoms with Crippen LogP contribution in [-0.2, 0) is 14.8 Å². The van der Waals surface area contributed by atoms with Crippen molar-refractivity contribution in [3.63, 3.8) is 0 Å². The van der Waals surface area contributed by atoms with Gasteiger partial charge in [0, 0.05) is 29.2 Å². The molecule has 0 radical (unpaired) electrons. The fourth-order valence-electron chi connectivity index (χ4n) is 1.52. The summed E-state index contributed by atoms with van der Waals surface area (Å²) in [6, 6.07) is 1.98. The molecule has 1 rings (SSSR count). The first-order valence-corrected chi connectivity index (χ1v) is 8.44. The molecule has 0 unspecified atom stereocenters. The molecule has 0 heterocycles. The SMILES string of the molecule is CC(C)NC(=O)CCNS(=O)(=O)c1cc(N)c(Br)cc1F. The summed E-state index contributed by atoms with van der Waals surface area (Å²) in [5, 5.41) is 2.62. The molecule has 0 aliphatic heterocycles. The Kier molecular flexibility index (Phi) is 6.11. The van der Waals surface area contributed by atoms with Gasteiger partial charge < -0.3 is 11.1 Å². The maximum absolute atomic E-state index is 13.7. The van der Waals surface area contributed by atoms with Crippen molar-refractivity contribution in [1.82, 2.24) is 10.0 Å². The summed E-state index contributed by atoms with van der Waals surface area (Å²) in [5.74, 6) is -1.21. The first kappa shape index (κ1) is 17.9. The van der Waals surface area contributed by atoms with Crippen molar-refractivity contribution in [2.45, 2.75) is 31.2 Å². The number of hydrogen-bond acceptors (Lipinski definition) is 4. The number of benzene rings is 1. The van der Waals surface area contributed by atoms with Crippen LogP contribution in [0.15, 0.2) is 21.5 Å². The van der Waals surface area contributed by atoms with E-state index in [2.05, 4.69) is 26.0 Å². The van der Waals surface area contributed by atoms with Gasteiger partial charge in [-0.05, 0) is 41.9 Å². The third-order valence-corrected chi connectivity index (χ3v) is 4.60.